The van der Waals surface area contributed by atoms with Gasteiger partial charge in [0.2, 0.25) is 0 Å². The van der Waals surface area contributed by atoms with Crippen LogP contribution in [-0.2, 0) is 6.54 Å². The van der Waals surface area contributed by atoms with Crippen LogP contribution in [0, 0.1) is 29.1 Å². The summed E-state index contributed by atoms with van der Waals surface area (Å²) < 4.78 is 84.7. The first-order valence-electron chi connectivity index (χ1n) is 8.92. The monoisotopic (exact) mass is 457 g/mol. The number of hydrogen-bond donors (Lipinski definition) is 2. The minimum atomic E-state index is -1.97. The molecule has 10 heteroatoms. The Morgan fingerprint density at radius 2 is 1.77 bits per heavy atom. The first kappa shape index (κ1) is 22.8. The van der Waals surface area contributed by atoms with Crippen molar-refractivity contribution in [2.45, 2.75) is 17.7 Å². The average molecular weight is 457 g/mol. The van der Waals surface area contributed by atoms with Crippen LogP contribution in [0.2, 0.25) is 0 Å². The first-order valence-corrected chi connectivity index (χ1v) is 9.69. The second kappa shape index (κ2) is 9.52. The SMILES string of the molecule is C=C(N)c1ccc(CN(CC2=CC=CNC2F)Sc2cc(F)c(F)c(F)c2F)c(F)c1. The van der Waals surface area contributed by atoms with E-state index in [-0.39, 0.29) is 29.9 Å². The Morgan fingerprint density at radius 1 is 1.03 bits per heavy atom. The van der Waals surface area contributed by atoms with E-state index in [1.54, 1.807) is 0 Å². The highest BCUT2D eigenvalue weighted by Gasteiger charge is 2.24. The predicted octanol–water partition coefficient (Wildman–Crippen LogP) is 5.16. The molecule has 0 fully saturated rings. The topological polar surface area (TPSA) is 41.3 Å². The number of nitrogens with zero attached hydrogens (tertiary/aromatic N) is 1. The molecule has 1 atom stereocenters. The van der Waals surface area contributed by atoms with Crippen molar-refractivity contribution in [3.05, 3.63) is 95.0 Å². The van der Waals surface area contributed by atoms with E-state index in [1.807, 2.05) is 0 Å². The summed E-state index contributed by atoms with van der Waals surface area (Å²) in [5, 5.41) is 2.44. The van der Waals surface area contributed by atoms with Gasteiger partial charge in [0, 0.05) is 24.4 Å². The van der Waals surface area contributed by atoms with Gasteiger partial charge in [0.05, 0.1) is 4.90 Å². The number of benzene rings is 2. The Hall–Kier alpha value is -2.85. The maximum absolute atomic E-state index is 14.5. The van der Waals surface area contributed by atoms with Gasteiger partial charge in [-0.15, -0.1) is 0 Å². The van der Waals surface area contributed by atoms with Gasteiger partial charge in [-0.2, -0.15) is 0 Å². The molecule has 1 unspecified atom stereocenters. The van der Waals surface area contributed by atoms with Crippen molar-refractivity contribution >= 4 is 17.6 Å². The third-order valence-corrected chi connectivity index (χ3v) is 5.41. The van der Waals surface area contributed by atoms with Crippen molar-refractivity contribution in [3.8, 4) is 0 Å². The van der Waals surface area contributed by atoms with E-state index in [0.717, 1.165) is 6.07 Å². The van der Waals surface area contributed by atoms with Crippen LogP contribution in [0.25, 0.3) is 5.70 Å². The molecule has 164 valence electrons. The molecule has 3 nitrogen and oxygen atoms in total. The van der Waals surface area contributed by atoms with Crippen LogP contribution in [0.3, 0.4) is 0 Å². The second-order valence-corrected chi connectivity index (χ2v) is 7.79. The molecule has 0 aromatic heterocycles. The summed E-state index contributed by atoms with van der Waals surface area (Å²) in [6.45, 7) is 3.17. The van der Waals surface area contributed by atoms with Crippen molar-refractivity contribution in [1.82, 2.24) is 9.62 Å². The highest BCUT2D eigenvalue weighted by molar-refractivity contribution is 7.97. The molecule has 1 heterocycles. The summed E-state index contributed by atoms with van der Waals surface area (Å²) in [4.78, 5) is -0.570. The highest BCUT2D eigenvalue weighted by atomic mass is 32.2. The van der Waals surface area contributed by atoms with Crippen LogP contribution in [0.4, 0.5) is 26.3 Å². The lowest BCUT2D eigenvalue weighted by molar-refractivity contribution is 0.324. The van der Waals surface area contributed by atoms with Crippen LogP contribution in [-0.4, -0.2) is 17.1 Å². The molecule has 0 spiro atoms. The average Bonchev–Trinajstić information content (AvgIpc) is 2.73. The van der Waals surface area contributed by atoms with Crippen LogP contribution in [0.1, 0.15) is 11.1 Å². The molecule has 0 bridgehead atoms. The summed E-state index contributed by atoms with van der Waals surface area (Å²) in [5.41, 5.74) is 6.42. The van der Waals surface area contributed by atoms with Crippen molar-refractivity contribution in [2.75, 3.05) is 6.54 Å². The summed E-state index contributed by atoms with van der Waals surface area (Å²) >= 11 is 0.505. The molecule has 3 rings (SSSR count). The molecule has 2 aromatic rings. The van der Waals surface area contributed by atoms with Gasteiger partial charge in [0.1, 0.15) is 5.82 Å². The molecule has 0 saturated heterocycles. The molecular weight excluding hydrogens is 440 g/mol. The summed E-state index contributed by atoms with van der Waals surface area (Å²) in [7, 11) is 0. The summed E-state index contributed by atoms with van der Waals surface area (Å²) in [5.74, 6) is -7.74. The Balaban J connectivity index is 1.93. The van der Waals surface area contributed by atoms with Crippen molar-refractivity contribution in [1.29, 1.82) is 0 Å². The maximum Gasteiger partial charge on any atom is 0.198 e. The minimum Gasteiger partial charge on any atom is -0.399 e. The number of rotatable bonds is 7. The number of halogens is 6. The van der Waals surface area contributed by atoms with Gasteiger partial charge < -0.3 is 11.1 Å². The summed E-state index contributed by atoms with van der Waals surface area (Å²) in [6.07, 6.45) is 2.82. The fourth-order valence-corrected chi connectivity index (χ4v) is 3.80. The van der Waals surface area contributed by atoms with E-state index in [2.05, 4.69) is 11.9 Å². The van der Waals surface area contributed by atoms with E-state index in [1.165, 1.54) is 34.8 Å². The van der Waals surface area contributed by atoms with Crippen LogP contribution >= 0.6 is 11.9 Å². The molecule has 3 N–H and O–H groups in total. The molecule has 0 aliphatic carbocycles. The van der Waals surface area contributed by atoms with Crippen molar-refractivity contribution in [2.24, 2.45) is 5.73 Å². The largest absolute Gasteiger partial charge is 0.399 e. The Morgan fingerprint density at radius 3 is 2.42 bits per heavy atom. The molecule has 1 aliphatic heterocycles. The third-order valence-electron chi connectivity index (χ3n) is 4.40. The molecule has 1 aliphatic rings. The normalized spacial score (nSPS) is 15.7. The van der Waals surface area contributed by atoms with Crippen molar-refractivity contribution < 1.29 is 26.3 Å². The number of alkyl halides is 1. The van der Waals surface area contributed by atoms with Gasteiger partial charge in [0.25, 0.3) is 0 Å². The lowest BCUT2D eigenvalue weighted by atomic mass is 10.1. The van der Waals surface area contributed by atoms with Gasteiger partial charge in [-0.25, -0.2) is 30.6 Å². The van der Waals surface area contributed by atoms with E-state index < -0.39 is 40.3 Å². The molecule has 2 aromatic carbocycles. The lowest BCUT2D eigenvalue weighted by Gasteiger charge is -2.26. The van der Waals surface area contributed by atoms with Crippen LogP contribution in [0.5, 0.6) is 0 Å². The van der Waals surface area contributed by atoms with Gasteiger partial charge in [-0.1, -0.05) is 24.8 Å². The zero-order valence-electron chi connectivity index (χ0n) is 15.9. The molecular formula is C21H17F6N3S. The Bertz CT molecular complexity index is 1070. The standard InChI is InChI=1S/C21H17F6N3S/c1-11(28)12-4-5-13(15(22)7-12)9-30(10-14-3-2-6-29-21(14)27)31-17-8-16(23)18(24)20(26)19(17)25/h2-8,21,29H,1,9-10,28H2. The number of nitrogens with two attached hydrogens (primary N) is 1. The van der Waals surface area contributed by atoms with Gasteiger partial charge in [-0.3, -0.25) is 0 Å². The van der Waals surface area contributed by atoms with E-state index in [0.29, 0.717) is 23.6 Å². The third kappa shape index (κ3) is 5.26. The fourth-order valence-electron chi connectivity index (χ4n) is 2.78. The zero-order valence-corrected chi connectivity index (χ0v) is 16.8. The predicted molar refractivity (Wildman–Crippen MR) is 107 cm³/mol. The molecule has 31 heavy (non-hydrogen) atoms. The minimum absolute atomic E-state index is 0.135. The number of hydrogen-bond acceptors (Lipinski definition) is 4. The molecule has 0 saturated carbocycles. The van der Waals surface area contributed by atoms with Crippen LogP contribution < -0.4 is 11.1 Å². The molecule has 0 amide bonds. The second-order valence-electron chi connectivity index (χ2n) is 6.65. The van der Waals surface area contributed by atoms with Crippen molar-refractivity contribution in [3.63, 3.8) is 0 Å². The number of dihydropyridines is 1. The quantitative estimate of drug-likeness (QED) is 0.198. The van der Waals surface area contributed by atoms with E-state index >= 15 is 0 Å². The Kier molecular flexibility index (Phi) is 7.01. The zero-order chi connectivity index (χ0) is 22.7. The van der Waals surface area contributed by atoms with Gasteiger partial charge in [-0.05, 0) is 47.5 Å². The lowest BCUT2D eigenvalue weighted by Crippen LogP contribution is -2.30. The number of nitrogens with one attached hydrogen (secondary N) is 1. The van der Waals surface area contributed by atoms with Gasteiger partial charge >= 0.3 is 0 Å². The Labute approximate surface area is 179 Å². The molecule has 0 radical (unpaired) electrons. The fraction of sp³-hybridized carbons (Fsp3) is 0.143. The smallest absolute Gasteiger partial charge is 0.198 e. The summed E-state index contributed by atoms with van der Waals surface area (Å²) in [6, 6.07) is 4.58. The first-order chi connectivity index (χ1) is 14.7. The van der Waals surface area contributed by atoms with Crippen LogP contribution in [0.15, 0.2) is 59.7 Å². The van der Waals surface area contributed by atoms with E-state index in [9.17, 15) is 26.3 Å². The van der Waals surface area contributed by atoms with Gasteiger partial charge in [0.15, 0.2) is 29.6 Å². The van der Waals surface area contributed by atoms with E-state index in [4.69, 9.17) is 5.73 Å². The maximum atomic E-state index is 14.5. The number of allylic oxidation sites excluding steroid dienone is 2. The highest BCUT2D eigenvalue weighted by Crippen LogP contribution is 2.32.